The van der Waals surface area contributed by atoms with Crippen LogP contribution in [0.1, 0.15) is 72.6 Å². The molecule has 4 aliphatic rings. The molecule has 0 radical (unpaired) electrons. The van der Waals surface area contributed by atoms with Crippen molar-refractivity contribution in [3.05, 3.63) is 57.2 Å². The van der Waals surface area contributed by atoms with Gasteiger partial charge >= 0.3 is 6.18 Å². The molecule has 1 saturated heterocycles. The van der Waals surface area contributed by atoms with Crippen LogP contribution in [0.3, 0.4) is 0 Å². The number of aromatic nitrogens is 5. The largest absolute Gasteiger partial charge is 0.394 e. The number of alkyl halides is 3. The van der Waals surface area contributed by atoms with E-state index >= 15 is 0 Å². The first-order chi connectivity index (χ1) is 16.1. The van der Waals surface area contributed by atoms with Crippen LogP contribution in [0.2, 0.25) is 0 Å². The minimum Gasteiger partial charge on any atom is -0.373 e. The number of nitrogens with one attached hydrogen (secondary N) is 1. The predicted molar refractivity (Wildman–Crippen MR) is 116 cm³/mol. The van der Waals surface area contributed by atoms with E-state index in [-0.39, 0.29) is 36.8 Å². The standard InChI is InChI=1S/C24H24F3N5O2/c1-12-13(2)30-21-18(29-12)19(22-9-23(10-22,11-22)24(25,26)27)31-20(32-21)14-5-6-34-16(7-14)15-3-4-17(33)28-8-15/h3-4,8,14,16H,5-7,9-11H2,1-2H3,(H,28,33). The Labute approximate surface area is 193 Å². The number of aryl methyl sites for hydroxylation is 2. The average Bonchev–Trinajstić information content (AvgIpc) is 2.72. The van der Waals surface area contributed by atoms with Crippen LogP contribution in [-0.4, -0.2) is 37.7 Å². The number of hydrogen-bond acceptors (Lipinski definition) is 6. The second-order valence-electron chi connectivity index (χ2n) is 10.2. The summed E-state index contributed by atoms with van der Waals surface area (Å²) in [6.45, 7) is 4.18. The van der Waals surface area contributed by atoms with Gasteiger partial charge < -0.3 is 9.72 Å². The van der Waals surface area contributed by atoms with Crippen molar-refractivity contribution in [3.63, 3.8) is 0 Å². The summed E-state index contributed by atoms with van der Waals surface area (Å²) in [7, 11) is 0. The van der Waals surface area contributed by atoms with E-state index in [1.165, 1.54) is 6.07 Å². The van der Waals surface area contributed by atoms with Crippen LogP contribution in [0.4, 0.5) is 13.2 Å². The van der Waals surface area contributed by atoms with Gasteiger partial charge in [-0.05, 0) is 57.6 Å². The second-order valence-corrected chi connectivity index (χ2v) is 10.2. The van der Waals surface area contributed by atoms with Gasteiger partial charge in [-0.3, -0.25) is 4.79 Å². The molecule has 0 spiro atoms. The van der Waals surface area contributed by atoms with E-state index < -0.39 is 17.0 Å². The molecule has 4 fully saturated rings. The molecule has 2 atom stereocenters. The van der Waals surface area contributed by atoms with Gasteiger partial charge in [0.05, 0.1) is 28.6 Å². The summed E-state index contributed by atoms with van der Waals surface area (Å²) in [4.78, 5) is 33.0. The maximum absolute atomic E-state index is 13.5. The Balaban J connectivity index is 1.39. The van der Waals surface area contributed by atoms with Crippen molar-refractivity contribution >= 4 is 11.2 Å². The molecule has 2 unspecified atom stereocenters. The van der Waals surface area contributed by atoms with Gasteiger partial charge in [0.1, 0.15) is 11.3 Å². The van der Waals surface area contributed by atoms with Crippen LogP contribution in [0, 0.1) is 19.3 Å². The molecule has 3 aliphatic carbocycles. The van der Waals surface area contributed by atoms with Gasteiger partial charge in [0.25, 0.3) is 0 Å². The normalized spacial score (nSPS) is 30.6. The average molecular weight is 471 g/mol. The van der Waals surface area contributed by atoms with Crippen molar-refractivity contribution < 1.29 is 17.9 Å². The fourth-order valence-electron chi connectivity index (χ4n) is 5.91. The summed E-state index contributed by atoms with van der Waals surface area (Å²) in [6.07, 6.45) is -1.31. The molecule has 10 heteroatoms. The predicted octanol–water partition coefficient (Wildman–Crippen LogP) is 4.34. The molecule has 1 N–H and O–H groups in total. The smallest absolute Gasteiger partial charge is 0.373 e. The molecule has 3 aromatic heterocycles. The minimum atomic E-state index is -4.19. The molecule has 178 valence electrons. The van der Waals surface area contributed by atoms with Gasteiger partial charge in [-0.15, -0.1) is 0 Å². The van der Waals surface area contributed by atoms with E-state index in [1.807, 2.05) is 13.8 Å². The highest BCUT2D eigenvalue weighted by molar-refractivity contribution is 5.75. The summed E-state index contributed by atoms with van der Waals surface area (Å²) in [5, 5.41) is 0. The van der Waals surface area contributed by atoms with Crippen LogP contribution >= 0.6 is 0 Å². The zero-order valence-electron chi connectivity index (χ0n) is 18.9. The number of aromatic amines is 1. The molecule has 7 rings (SSSR count). The highest BCUT2D eigenvalue weighted by Gasteiger charge is 2.79. The monoisotopic (exact) mass is 471 g/mol. The third kappa shape index (κ3) is 3.10. The van der Waals surface area contributed by atoms with Crippen LogP contribution in [0.15, 0.2) is 23.1 Å². The third-order valence-electron chi connectivity index (χ3n) is 7.92. The number of pyridine rings is 1. The molecule has 4 heterocycles. The Morgan fingerprint density at radius 3 is 2.47 bits per heavy atom. The zero-order valence-corrected chi connectivity index (χ0v) is 18.9. The van der Waals surface area contributed by atoms with Crippen molar-refractivity contribution in [3.8, 4) is 0 Å². The second kappa shape index (κ2) is 7.07. The summed E-state index contributed by atoms with van der Waals surface area (Å²) in [5.41, 5.74) is 1.55. The summed E-state index contributed by atoms with van der Waals surface area (Å²) >= 11 is 0. The van der Waals surface area contributed by atoms with Crippen LogP contribution in [-0.2, 0) is 10.2 Å². The fraction of sp³-hybridized carbons (Fsp3) is 0.542. The first-order valence-corrected chi connectivity index (χ1v) is 11.5. The molecule has 1 aliphatic heterocycles. The van der Waals surface area contributed by atoms with Gasteiger partial charge in [0, 0.05) is 30.2 Å². The van der Waals surface area contributed by atoms with Gasteiger partial charge in [0.2, 0.25) is 5.56 Å². The van der Waals surface area contributed by atoms with Gasteiger partial charge in [-0.2, -0.15) is 13.2 Å². The number of ether oxygens (including phenoxy) is 1. The third-order valence-corrected chi connectivity index (χ3v) is 7.92. The van der Waals surface area contributed by atoms with Gasteiger partial charge in [0.15, 0.2) is 5.65 Å². The Kier molecular flexibility index (Phi) is 4.50. The van der Waals surface area contributed by atoms with Crippen molar-refractivity contribution in [2.45, 2.75) is 69.6 Å². The van der Waals surface area contributed by atoms with E-state index in [2.05, 4.69) is 15.0 Å². The van der Waals surface area contributed by atoms with Crippen molar-refractivity contribution in [2.24, 2.45) is 5.41 Å². The lowest BCUT2D eigenvalue weighted by molar-refractivity contribution is -0.337. The first-order valence-electron chi connectivity index (χ1n) is 11.5. The lowest BCUT2D eigenvalue weighted by Crippen LogP contribution is -2.70. The summed E-state index contributed by atoms with van der Waals surface area (Å²) < 4.78 is 46.6. The molecule has 0 aromatic carbocycles. The number of halogens is 3. The summed E-state index contributed by atoms with van der Waals surface area (Å²) in [5.74, 6) is 0.546. The van der Waals surface area contributed by atoms with Crippen molar-refractivity contribution in [1.82, 2.24) is 24.9 Å². The molecule has 2 bridgehead atoms. The molecule has 3 saturated carbocycles. The SMILES string of the molecule is Cc1nc2nc(C3CCOC(c4ccc(=O)[nH]c4)C3)nc(C34CC(C(F)(F)F)(C3)C4)c2nc1C. The van der Waals surface area contributed by atoms with Crippen LogP contribution in [0.5, 0.6) is 0 Å². The number of fused-ring (bicyclic) bond motifs is 1. The lowest BCUT2D eigenvalue weighted by Gasteiger charge is -2.70. The van der Waals surface area contributed by atoms with E-state index in [4.69, 9.17) is 14.7 Å². The van der Waals surface area contributed by atoms with Crippen LogP contribution < -0.4 is 5.56 Å². The van der Waals surface area contributed by atoms with E-state index in [0.717, 1.165) is 17.0 Å². The topological polar surface area (TPSA) is 93.7 Å². The Morgan fingerprint density at radius 1 is 1.06 bits per heavy atom. The van der Waals surface area contributed by atoms with E-state index in [1.54, 1.807) is 12.3 Å². The highest BCUT2D eigenvalue weighted by Crippen LogP contribution is 2.78. The molecular weight excluding hydrogens is 447 g/mol. The molecule has 34 heavy (non-hydrogen) atoms. The van der Waals surface area contributed by atoms with Gasteiger partial charge in [-0.25, -0.2) is 19.9 Å². The molecular formula is C24H24F3N5O2. The van der Waals surface area contributed by atoms with Crippen molar-refractivity contribution in [2.75, 3.05) is 6.61 Å². The van der Waals surface area contributed by atoms with Gasteiger partial charge in [-0.1, -0.05) is 0 Å². The maximum Gasteiger partial charge on any atom is 0.394 e. The minimum absolute atomic E-state index is 0.0406. The van der Waals surface area contributed by atoms with E-state index in [9.17, 15) is 18.0 Å². The number of nitrogens with zero attached hydrogens (tertiary/aromatic N) is 4. The zero-order chi connectivity index (χ0) is 23.9. The molecule has 3 aromatic rings. The lowest BCUT2D eigenvalue weighted by atomic mass is 9.34. The molecule has 7 nitrogen and oxygen atoms in total. The Bertz CT molecular complexity index is 1330. The Morgan fingerprint density at radius 2 is 1.79 bits per heavy atom. The fourth-order valence-corrected chi connectivity index (χ4v) is 5.91. The number of hydrogen-bond donors (Lipinski definition) is 1. The quantitative estimate of drug-likeness (QED) is 0.611. The van der Waals surface area contributed by atoms with Crippen LogP contribution in [0.25, 0.3) is 11.2 Å². The molecule has 0 amide bonds. The summed E-state index contributed by atoms with van der Waals surface area (Å²) in [6, 6.07) is 3.21. The highest BCUT2D eigenvalue weighted by atomic mass is 19.4. The first kappa shape index (κ1) is 21.6. The Hall–Kier alpha value is -2.88. The van der Waals surface area contributed by atoms with Crippen molar-refractivity contribution in [1.29, 1.82) is 0 Å². The van der Waals surface area contributed by atoms with E-state index in [0.29, 0.717) is 42.1 Å². The number of rotatable bonds is 3. The number of H-pyrrole nitrogens is 1. The maximum atomic E-state index is 13.5.